The Morgan fingerprint density at radius 2 is 1.67 bits per heavy atom. The lowest BCUT2D eigenvalue weighted by Crippen LogP contribution is -2.00. The van der Waals surface area contributed by atoms with Crippen LogP contribution in [0.15, 0.2) is 0 Å². The molecule has 0 aromatic carbocycles. The van der Waals surface area contributed by atoms with Crippen LogP contribution in [0.4, 0.5) is 8.78 Å². The van der Waals surface area contributed by atoms with Crippen LogP contribution in [0.3, 0.4) is 0 Å². The zero-order valence-corrected chi connectivity index (χ0v) is 4.71. The molecule has 0 spiro atoms. The summed E-state index contributed by atoms with van der Waals surface area (Å²) in [6, 6.07) is 0. The van der Waals surface area contributed by atoms with Gasteiger partial charge in [-0.15, -0.1) is 0 Å². The average molecular weight is 159 g/mol. The van der Waals surface area contributed by atoms with Crippen molar-refractivity contribution in [1.82, 2.24) is 0 Å². The third-order valence-corrected chi connectivity index (χ3v) is 0.824. The number of rotatable bonds is 2. The molecule has 0 fully saturated rings. The first-order valence-electron chi connectivity index (χ1n) is 1.57. The van der Waals surface area contributed by atoms with Gasteiger partial charge >= 0.3 is 0 Å². The van der Waals surface area contributed by atoms with Gasteiger partial charge in [-0.3, -0.25) is 0 Å². The Hall–Kier alpha value is 0.340. The second kappa shape index (κ2) is 3.53. The first-order valence-corrected chi connectivity index (χ1v) is 2.48. The lowest BCUT2D eigenvalue weighted by atomic mass is 10.5. The zero-order valence-electron chi connectivity index (χ0n) is 3.13. The van der Waals surface area contributed by atoms with E-state index in [4.69, 9.17) is 0 Å². The molecule has 0 saturated heterocycles. The van der Waals surface area contributed by atoms with Crippen LogP contribution in [0.1, 0.15) is 0 Å². The standard InChI is InChI=1S/C3H5BrF2/c4-3(1-5)2-6/h3H,1-2H2. The van der Waals surface area contributed by atoms with E-state index in [1.807, 2.05) is 0 Å². The summed E-state index contributed by atoms with van der Waals surface area (Å²) in [5, 5.41) is 0. The molecule has 0 radical (unpaired) electrons. The molecule has 0 heterocycles. The van der Waals surface area contributed by atoms with Gasteiger partial charge in [0.2, 0.25) is 0 Å². The van der Waals surface area contributed by atoms with Gasteiger partial charge in [0.1, 0.15) is 13.3 Å². The number of hydrogen-bond donors (Lipinski definition) is 0. The summed E-state index contributed by atoms with van der Waals surface area (Å²) in [5.74, 6) is 0. The molecule has 0 amide bonds. The van der Waals surface area contributed by atoms with E-state index in [2.05, 4.69) is 15.9 Å². The molecule has 0 aromatic heterocycles. The molecule has 0 aromatic rings. The Bertz CT molecular complexity index is 28.0. The molecule has 0 aliphatic carbocycles. The fraction of sp³-hybridized carbons (Fsp3) is 1.00. The molecule has 6 heavy (non-hydrogen) atoms. The Morgan fingerprint density at radius 3 is 1.67 bits per heavy atom. The molecule has 0 atom stereocenters. The fourth-order valence-corrected chi connectivity index (χ4v) is 0.0412. The molecule has 0 rings (SSSR count). The molecule has 3 heteroatoms. The highest BCUT2D eigenvalue weighted by Crippen LogP contribution is 1.98. The highest BCUT2D eigenvalue weighted by atomic mass is 79.9. The molecule has 38 valence electrons. The highest BCUT2D eigenvalue weighted by molar-refractivity contribution is 9.09. The van der Waals surface area contributed by atoms with Crippen LogP contribution in [0.2, 0.25) is 0 Å². The second-order valence-corrected chi connectivity index (χ2v) is 2.20. The van der Waals surface area contributed by atoms with Gasteiger partial charge in [-0.2, -0.15) is 0 Å². The van der Waals surface area contributed by atoms with E-state index in [9.17, 15) is 8.78 Å². The highest BCUT2D eigenvalue weighted by Gasteiger charge is 1.97. The number of halogens is 3. The average Bonchev–Trinajstić information content (AvgIpc) is 1.65. The van der Waals surface area contributed by atoms with E-state index in [1.54, 1.807) is 0 Å². The van der Waals surface area contributed by atoms with Crippen LogP contribution < -0.4 is 0 Å². The molecular weight excluding hydrogens is 154 g/mol. The summed E-state index contributed by atoms with van der Waals surface area (Å²) in [4.78, 5) is -0.586. The summed E-state index contributed by atoms with van der Waals surface area (Å²) >= 11 is 2.73. The number of hydrogen-bond acceptors (Lipinski definition) is 0. The van der Waals surface area contributed by atoms with Gasteiger partial charge in [0.25, 0.3) is 0 Å². The first kappa shape index (κ1) is 6.34. The molecule has 0 bridgehead atoms. The smallest absolute Gasteiger partial charge is 0.104 e. The van der Waals surface area contributed by atoms with Crippen LogP contribution in [0, 0.1) is 0 Å². The van der Waals surface area contributed by atoms with Crippen molar-refractivity contribution in [2.24, 2.45) is 0 Å². The Labute approximate surface area is 43.7 Å². The van der Waals surface area contributed by atoms with Crippen molar-refractivity contribution in [3.8, 4) is 0 Å². The SMILES string of the molecule is FCC(Br)CF. The van der Waals surface area contributed by atoms with Crippen molar-refractivity contribution in [3.63, 3.8) is 0 Å². The zero-order chi connectivity index (χ0) is 4.99. The molecule has 0 N–H and O–H groups in total. The normalized spacial score (nSPS) is 10.0. The molecule has 0 aliphatic heterocycles. The third-order valence-electron chi connectivity index (χ3n) is 0.335. The summed E-state index contributed by atoms with van der Waals surface area (Å²) < 4.78 is 22.2. The summed E-state index contributed by atoms with van der Waals surface area (Å²) in [5.41, 5.74) is 0. The van der Waals surface area contributed by atoms with Gasteiger partial charge in [0.05, 0.1) is 4.83 Å². The maximum Gasteiger partial charge on any atom is 0.104 e. The van der Waals surface area contributed by atoms with E-state index in [1.165, 1.54) is 0 Å². The molecule has 0 nitrogen and oxygen atoms in total. The van der Waals surface area contributed by atoms with Gasteiger partial charge < -0.3 is 0 Å². The van der Waals surface area contributed by atoms with Crippen LogP contribution in [-0.2, 0) is 0 Å². The molecular formula is C3H5BrF2. The van der Waals surface area contributed by atoms with Crippen LogP contribution >= 0.6 is 15.9 Å². The quantitative estimate of drug-likeness (QED) is 0.537. The van der Waals surface area contributed by atoms with Crippen molar-refractivity contribution < 1.29 is 8.78 Å². The van der Waals surface area contributed by atoms with Gasteiger partial charge in [0, 0.05) is 0 Å². The van der Waals surface area contributed by atoms with Crippen molar-refractivity contribution in [2.45, 2.75) is 4.83 Å². The summed E-state index contributed by atoms with van der Waals surface area (Å²) in [6.07, 6.45) is 0. The van der Waals surface area contributed by atoms with E-state index < -0.39 is 18.2 Å². The number of alkyl halides is 3. The predicted molar refractivity (Wildman–Crippen MR) is 24.7 cm³/mol. The maximum atomic E-state index is 11.1. The Kier molecular flexibility index (Phi) is 3.73. The topological polar surface area (TPSA) is 0 Å². The minimum Gasteiger partial charge on any atom is -0.250 e. The van der Waals surface area contributed by atoms with Gasteiger partial charge in [-0.1, -0.05) is 15.9 Å². The van der Waals surface area contributed by atoms with E-state index in [0.717, 1.165) is 0 Å². The second-order valence-electron chi connectivity index (χ2n) is 0.906. The minimum absolute atomic E-state index is 0.586. The molecule has 0 aliphatic rings. The van der Waals surface area contributed by atoms with Crippen molar-refractivity contribution >= 4 is 15.9 Å². The van der Waals surface area contributed by atoms with Crippen molar-refractivity contribution in [2.75, 3.05) is 13.3 Å². The Morgan fingerprint density at radius 1 is 1.33 bits per heavy atom. The largest absolute Gasteiger partial charge is 0.250 e. The van der Waals surface area contributed by atoms with Gasteiger partial charge in [0.15, 0.2) is 0 Å². The van der Waals surface area contributed by atoms with Gasteiger partial charge in [-0.05, 0) is 0 Å². The minimum atomic E-state index is -0.628. The van der Waals surface area contributed by atoms with Crippen LogP contribution in [0.5, 0.6) is 0 Å². The van der Waals surface area contributed by atoms with Gasteiger partial charge in [-0.25, -0.2) is 8.78 Å². The van der Waals surface area contributed by atoms with E-state index in [-0.39, 0.29) is 0 Å². The molecule has 0 unspecified atom stereocenters. The van der Waals surface area contributed by atoms with Crippen LogP contribution in [-0.4, -0.2) is 18.2 Å². The summed E-state index contributed by atoms with van der Waals surface area (Å²) in [6.45, 7) is -1.26. The maximum absolute atomic E-state index is 11.1. The van der Waals surface area contributed by atoms with E-state index in [0.29, 0.717) is 0 Å². The van der Waals surface area contributed by atoms with Crippen molar-refractivity contribution in [3.05, 3.63) is 0 Å². The lowest BCUT2D eigenvalue weighted by molar-refractivity contribution is 0.412. The fourth-order valence-electron chi connectivity index (χ4n) is 0.0412. The lowest BCUT2D eigenvalue weighted by Gasteiger charge is -1.90. The Balaban J connectivity index is 2.75. The summed E-state index contributed by atoms with van der Waals surface area (Å²) in [7, 11) is 0. The van der Waals surface area contributed by atoms with E-state index >= 15 is 0 Å². The monoisotopic (exact) mass is 158 g/mol. The first-order chi connectivity index (χ1) is 2.81. The predicted octanol–water partition coefficient (Wildman–Crippen LogP) is 1.69. The third kappa shape index (κ3) is 2.57. The molecule has 0 saturated carbocycles. The van der Waals surface area contributed by atoms with Crippen molar-refractivity contribution in [1.29, 1.82) is 0 Å². The van der Waals surface area contributed by atoms with Crippen LogP contribution in [0.25, 0.3) is 0 Å².